The van der Waals surface area contributed by atoms with Gasteiger partial charge in [0, 0.05) is 49.8 Å². The fraction of sp³-hybridized carbons (Fsp3) is 0.0182. The number of fused-ring (bicyclic) bond motifs is 10. The molecule has 0 bridgehead atoms. The van der Waals surface area contributed by atoms with Gasteiger partial charge >= 0.3 is 0 Å². The van der Waals surface area contributed by atoms with E-state index in [1.54, 1.807) is 0 Å². The topological polar surface area (TPSA) is 51.6 Å². The van der Waals surface area contributed by atoms with Gasteiger partial charge in [-0.05, 0) is 79.7 Å². The van der Waals surface area contributed by atoms with Crippen LogP contribution in [0.3, 0.4) is 0 Å². The van der Waals surface area contributed by atoms with Crippen LogP contribution in [0.4, 0.5) is 0 Å². The van der Waals surface area contributed by atoms with Gasteiger partial charge < -0.3 is 0 Å². The van der Waals surface area contributed by atoms with Gasteiger partial charge in [-0.25, -0.2) is 15.0 Å². The zero-order chi connectivity index (χ0) is 39.6. The Balaban J connectivity index is 1.06. The molecule has 2 aliphatic rings. The zero-order valence-electron chi connectivity index (χ0n) is 32.3. The molecule has 0 amide bonds. The molecule has 1 spiro atoms. The number of pyridine rings is 1. The molecule has 0 N–H and O–H groups in total. The van der Waals surface area contributed by atoms with E-state index in [1.165, 1.54) is 48.6 Å². The van der Waals surface area contributed by atoms with Crippen molar-refractivity contribution < 1.29 is 0 Å². The van der Waals surface area contributed by atoms with Crippen LogP contribution in [-0.4, -0.2) is 19.9 Å². The molecule has 12 rings (SSSR count). The smallest absolute Gasteiger partial charge is 0.164 e. The summed E-state index contributed by atoms with van der Waals surface area (Å²) in [7, 11) is 0. The Morgan fingerprint density at radius 3 is 1.45 bits per heavy atom. The van der Waals surface area contributed by atoms with Crippen molar-refractivity contribution >= 4 is 22.5 Å². The zero-order valence-corrected chi connectivity index (χ0v) is 33.1. The highest BCUT2D eigenvalue weighted by Crippen LogP contribution is 2.62. The lowest BCUT2D eigenvalue weighted by Gasteiger charge is -2.39. The molecule has 1 aliphatic carbocycles. The fourth-order valence-electron chi connectivity index (χ4n) is 9.35. The van der Waals surface area contributed by atoms with Gasteiger partial charge in [-0.1, -0.05) is 182 Å². The average Bonchev–Trinajstić information content (AvgIpc) is 3.61. The molecule has 0 unspecified atom stereocenters. The average molecular weight is 783 g/mol. The van der Waals surface area contributed by atoms with E-state index in [9.17, 15) is 0 Å². The molecule has 0 atom stereocenters. The van der Waals surface area contributed by atoms with E-state index in [-0.39, 0.29) is 0 Å². The van der Waals surface area contributed by atoms with E-state index in [0.717, 1.165) is 44.3 Å². The summed E-state index contributed by atoms with van der Waals surface area (Å²) in [4.78, 5) is 22.4. The van der Waals surface area contributed by atoms with Crippen LogP contribution < -0.4 is 0 Å². The third-order valence-electron chi connectivity index (χ3n) is 12.1. The predicted molar refractivity (Wildman–Crippen MR) is 244 cm³/mol. The van der Waals surface area contributed by atoms with Crippen LogP contribution in [0.25, 0.3) is 78.3 Å². The summed E-state index contributed by atoms with van der Waals surface area (Å²) in [5.41, 5.74) is 14.5. The summed E-state index contributed by atoms with van der Waals surface area (Å²) >= 11 is 1.86. The van der Waals surface area contributed by atoms with Crippen LogP contribution in [0, 0.1) is 0 Å². The van der Waals surface area contributed by atoms with E-state index in [1.807, 2.05) is 60.6 Å². The maximum absolute atomic E-state index is 5.14. The van der Waals surface area contributed by atoms with Crippen molar-refractivity contribution in [3.05, 3.63) is 229 Å². The molecular weight excluding hydrogens is 749 g/mol. The van der Waals surface area contributed by atoms with Crippen LogP contribution >= 0.6 is 11.8 Å². The molecule has 0 saturated carbocycles. The molecular formula is C55H34N4S. The predicted octanol–water partition coefficient (Wildman–Crippen LogP) is 13.6. The molecule has 60 heavy (non-hydrogen) atoms. The summed E-state index contributed by atoms with van der Waals surface area (Å²) in [6.07, 6.45) is 3.90. The van der Waals surface area contributed by atoms with Gasteiger partial charge in [-0.2, -0.15) is 0 Å². The van der Waals surface area contributed by atoms with Gasteiger partial charge in [-0.3, -0.25) is 4.98 Å². The Hall–Kier alpha value is -7.47. The third kappa shape index (κ3) is 5.40. The molecule has 1 aliphatic heterocycles. The maximum atomic E-state index is 5.14. The van der Waals surface area contributed by atoms with Gasteiger partial charge in [0.05, 0.1) is 5.41 Å². The number of aromatic nitrogens is 4. The summed E-state index contributed by atoms with van der Waals surface area (Å²) in [6.45, 7) is 0. The van der Waals surface area contributed by atoms with Crippen molar-refractivity contribution in [3.8, 4) is 67.5 Å². The molecule has 2 aromatic heterocycles. The highest BCUT2D eigenvalue weighted by Gasteiger charge is 2.50. The van der Waals surface area contributed by atoms with Crippen LogP contribution in [0.1, 0.15) is 22.3 Å². The standard InChI is InChI=1S/C55H34N4S/c1-3-13-37(14-4-1)52-57-53(38-15-5-2-6-16-38)59-54(58-52)40-28-30-47-44(32-40)43-31-39(35-23-25-36(26-24-35)45-34-56-33-41-17-7-8-18-42(41)45)27-29-46(43)55(47)48-19-9-11-21-50(48)60-51-22-12-10-20-49(51)55/h1-34H. The highest BCUT2D eigenvalue weighted by molar-refractivity contribution is 7.99. The minimum absolute atomic E-state index is 0.505. The number of hydrogen-bond acceptors (Lipinski definition) is 5. The number of nitrogens with zero attached hydrogens (tertiary/aromatic N) is 4. The van der Waals surface area contributed by atoms with Crippen LogP contribution in [0.5, 0.6) is 0 Å². The first-order valence-corrected chi connectivity index (χ1v) is 21.0. The Morgan fingerprint density at radius 1 is 0.333 bits per heavy atom. The van der Waals surface area contributed by atoms with E-state index >= 15 is 0 Å². The van der Waals surface area contributed by atoms with Gasteiger partial charge in [0.2, 0.25) is 0 Å². The second kappa shape index (κ2) is 13.8. The number of rotatable bonds is 5. The van der Waals surface area contributed by atoms with E-state index in [2.05, 4.69) is 163 Å². The fourth-order valence-corrected chi connectivity index (χ4v) is 10.5. The monoisotopic (exact) mass is 782 g/mol. The lowest BCUT2D eigenvalue weighted by Crippen LogP contribution is -2.31. The quantitative estimate of drug-likeness (QED) is 0.174. The summed E-state index contributed by atoms with van der Waals surface area (Å²) in [6, 6.07) is 69.5. The minimum atomic E-state index is -0.505. The van der Waals surface area contributed by atoms with Gasteiger partial charge in [0.25, 0.3) is 0 Å². The maximum Gasteiger partial charge on any atom is 0.164 e. The molecule has 3 heterocycles. The van der Waals surface area contributed by atoms with Crippen molar-refractivity contribution in [1.29, 1.82) is 0 Å². The number of hydrogen-bond donors (Lipinski definition) is 0. The molecule has 280 valence electrons. The van der Waals surface area contributed by atoms with Crippen LogP contribution in [0.15, 0.2) is 216 Å². The highest BCUT2D eigenvalue weighted by atomic mass is 32.2. The van der Waals surface area contributed by atoms with E-state index < -0.39 is 5.41 Å². The SMILES string of the molecule is c1ccc(-c2nc(-c3ccccc3)nc(-c3ccc4c(c3)-c3cc(-c5ccc(-c6cncc7ccccc67)cc5)ccc3C43c4ccccc4Sc4ccccc43)n2)cc1. The molecule has 8 aromatic carbocycles. The normalized spacial score (nSPS) is 13.1. The van der Waals surface area contributed by atoms with Crippen molar-refractivity contribution in [2.24, 2.45) is 0 Å². The molecule has 4 nitrogen and oxygen atoms in total. The van der Waals surface area contributed by atoms with E-state index in [4.69, 9.17) is 15.0 Å². The minimum Gasteiger partial charge on any atom is -0.263 e. The lowest BCUT2D eigenvalue weighted by atomic mass is 9.67. The largest absolute Gasteiger partial charge is 0.263 e. The van der Waals surface area contributed by atoms with Crippen molar-refractivity contribution in [2.45, 2.75) is 15.2 Å². The first kappa shape index (κ1) is 34.6. The molecule has 0 radical (unpaired) electrons. The summed E-state index contributed by atoms with van der Waals surface area (Å²) in [5, 5.41) is 2.34. The first-order valence-electron chi connectivity index (χ1n) is 20.2. The number of benzene rings is 8. The first-order chi connectivity index (χ1) is 29.7. The Morgan fingerprint density at radius 2 is 0.817 bits per heavy atom. The van der Waals surface area contributed by atoms with Gasteiger partial charge in [0.1, 0.15) is 0 Å². The Labute approximate surface area is 352 Å². The van der Waals surface area contributed by atoms with Gasteiger partial charge in [-0.15, -0.1) is 0 Å². The van der Waals surface area contributed by atoms with Crippen molar-refractivity contribution in [3.63, 3.8) is 0 Å². The van der Waals surface area contributed by atoms with Crippen LogP contribution in [0.2, 0.25) is 0 Å². The van der Waals surface area contributed by atoms with Crippen molar-refractivity contribution in [1.82, 2.24) is 19.9 Å². The summed E-state index contributed by atoms with van der Waals surface area (Å²) in [5.74, 6) is 1.94. The third-order valence-corrected chi connectivity index (χ3v) is 13.2. The Bertz CT molecular complexity index is 3180. The van der Waals surface area contributed by atoms with Gasteiger partial charge in [0.15, 0.2) is 17.5 Å². The van der Waals surface area contributed by atoms with Crippen molar-refractivity contribution in [2.75, 3.05) is 0 Å². The molecule has 0 saturated heterocycles. The molecule has 0 fully saturated rings. The second-order valence-electron chi connectivity index (χ2n) is 15.4. The summed E-state index contributed by atoms with van der Waals surface area (Å²) < 4.78 is 0. The second-order valence-corrected chi connectivity index (χ2v) is 16.5. The van der Waals surface area contributed by atoms with Crippen LogP contribution in [-0.2, 0) is 5.41 Å². The lowest BCUT2D eigenvalue weighted by molar-refractivity contribution is 0.722. The molecule has 10 aromatic rings. The van der Waals surface area contributed by atoms with E-state index in [0.29, 0.717) is 17.5 Å². The Kier molecular flexibility index (Phi) is 7.97. The molecule has 5 heteroatoms.